The maximum atomic E-state index is 11.1. The van der Waals surface area contributed by atoms with Gasteiger partial charge < -0.3 is 30.2 Å². The summed E-state index contributed by atoms with van der Waals surface area (Å²) in [4.78, 5) is 44.3. The van der Waals surface area contributed by atoms with Crippen molar-refractivity contribution in [3.8, 4) is 0 Å². The molecule has 0 saturated carbocycles. The van der Waals surface area contributed by atoms with Crippen molar-refractivity contribution in [2.75, 3.05) is 0 Å². The Morgan fingerprint density at radius 2 is 1.32 bits per heavy atom. The molecule has 22 heavy (non-hydrogen) atoms. The third-order valence-corrected chi connectivity index (χ3v) is 2.37. The average molecular weight is 321 g/mol. The Labute approximate surface area is 126 Å². The van der Waals surface area contributed by atoms with Gasteiger partial charge in [-0.05, 0) is 0 Å². The highest BCUT2D eigenvalue weighted by Crippen LogP contribution is 2.17. The zero-order valence-electron chi connectivity index (χ0n) is 12.3. The molecule has 10 heteroatoms. The number of rotatable bonds is 8. The zero-order chi connectivity index (χ0) is 17.4. The Bertz CT molecular complexity index is 423. The first-order chi connectivity index (χ1) is 10.1. The number of aldehydes is 1. The molecule has 0 aliphatic carbocycles. The van der Waals surface area contributed by atoms with Gasteiger partial charge in [0.05, 0.1) is 0 Å². The summed E-state index contributed by atoms with van der Waals surface area (Å²) < 4.78 is 14.2. The number of nitrogens with two attached hydrogens (primary N) is 1. The second kappa shape index (κ2) is 9.07. The molecule has 0 rings (SSSR count). The van der Waals surface area contributed by atoms with Crippen molar-refractivity contribution in [2.45, 2.75) is 51.4 Å². The number of hydrogen-bond donors (Lipinski definition) is 3. The Hall–Kier alpha value is -2.04. The molecular weight excluding hydrogens is 302 g/mol. The van der Waals surface area contributed by atoms with E-state index >= 15 is 0 Å². The summed E-state index contributed by atoms with van der Waals surface area (Å²) >= 11 is 0. The summed E-state index contributed by atoms with van der Waals surface area (Å²) in [6.45, 7) is 2.96. The quantitative estimate of drug-likeness (QED) is 0.190. The number of esters is 3. The fourth-order valence-electron chi connectivity index (χ4n) is 1.59. The SMILES string of the molecule is CC(=O)O[C@@H]([C@H](OC(C)=O)[C@@H](C=O)OC(C)=O)[C@H](O)C(N)O. The van der Waals surface area contributed by atoms with Gasteiger partial charge in [0.2, 0.25) is 0 Å². The molecule has 0 saturated heterocycles. The Kier molecular flexibility index (Phi) is 8.23. The van der Waals surface area contributed by atoms with Gasteiger partial charge in [-0.15, -0.1) is 0 Å². The summed E-state index contributed by atoms with van der Waals surface area (Å²) in [5.74, 6) is -2.69. The average Bonchev–Trinajstić information content (AvgIpc) is 2.38. The minimum absolute atomic E-state index is 0.126. The number of carbonyl (C=O) groups is 4. The van der Waals surface area contributed by atoms with Crippen molar-refractivity contribution in [3.63, 3.8) is 0 Å². The van der Waals surface area contributed by atoms with Gasteiger partial charge in [-0.1, -0.05) is 0 Å². The lowest BCUT2D eigenvalue weighted by Crippen LogP contribution is -2.55. The predicted molar refractivity (Wildman–Crippen MR) is 68.9 cm³/mol. The molecule has 0 aromatic rings. The first-order valence-electron chi connectivity index (χ1n) is 6.18. The lowest BCUT2D eigenvalue weighted by Gasteiger charge is -2.32. The highest BCUT2D eigenvalue weighted by atomic mass is 16.6. The third kappa shape index (κ3) is 6.61. The standard InChI is InChI=1S/C12H19NO9/c1-5(15)20-8(4-14)10(21-6(2)16)11(22-7(3)17)9(18)12(13)19/h4,8-12,18-19H,13H2,1-3H3/t8-,9+,10-,11-,12?/m1/s1. The van der Waals surface area contributed by atoms with Gasteiger partial charge in [0.1, 0.15) is 12.3 Å². The summed E-state index contributed by atoms with van der Waals surface area (Å²) in [5.41, 5.74) is 5.10. The van der Waals surface area contributed by atoms with Crippen LogP contribution in [0.2, 0.25) is 0 Å². The largest absolute Gasteiger partial charge is 0.455 e. The van der Waals surface area contributed by atoms with E-state index in [0.717, 1.165) is 20.8 Å². The van der Waals surface area contributed by atoms with Crippen molar-refractivity contribution < 1.29 is 43.6 Å². The van der Waals surface area contributed by atoms with E-state index in [2.05, 4.69) is 4.74 Å². The molecule has 0 bridgehead atoms. The van der Waals surface area contributed by atoms with Gasteiger partial charge in [-0.25, -0.2) is 0 Å². The number of aliphatic hydroxyl groups excluding tert-OH is 2. The first-order valence-corrected chi connectivity index (χ1v) is 6.18. The van der Waals surface area contributed by atoms with Crippen LogP contribution in [0.25, 0.3) is 0 Å². The molecule has 0 aromatic heterocycles. The van der Waals surface area contributed by atoms with Gasteiger partial charge in [0, 0.05) is 20.8 Å². The van der Waals surface area contributed by atoms with Crippen LogP contribution < -0.4 is 5.73 Å². The molecule has 4 N–H and O–H groups in total. The monoisotopic (exact) mass is 321 g/mol. The highest BCUT2D eigenvalue weighted by molar-refractivity contribution is 5.72. The Morgan fingerprint density at radius 1 is 0.909 bits per heavy atom. The van der Waals surface area contributed by atoms with Crippen molar-refractivity contribution in [2.24, 2.45) is 5.73 Å². The normalized spacial score (nSPS) is 17.4. The summed E-state index contributed by atoms with van der Waals surface area (Å²) in [5, 5.41) is 19.0. The fourth-order valence-corrected chi connectivity index (χ4v) is 1.59. The maximum Gasteiger partial charge on any atom is 0.303 e. The van der Waals surface area contributed by atoms with Crippen LogP contribution in [0.5, 0.6) is 0 Å². The van der Waals surface area contributed by atoms with Crippen molar-refractivity contribution >= 4 is 24.2 Å². The smallest absolute Gasteiger partial charge is 0.303 e. The van der Waals surface area contributed by atoms with Gasteiger partial charge in [0.25, 0.3) is 0 Å². The number of carbonyl (C=O) groups excluding carboxylic acids is 4. The van der Waals surface area contributed by atoms with E-state index in [-0.39, 0.29) is 6.29 Å². The van der Waals surface area contributed by atoms with E-state index in [0.29, 0.717) is 0 Å². The van der Waals surface area contributed by atoms with Crippen LogP contribution in [0.4, 0.5) is 0 Å². The zero-order valence-corrected chi connectivity index (χ0v) is 12.3. The van der Waals surface area contributed by atoms with Gasteiger partial charge in [-0.3, -0.25) is 19.2 Å². The van der Waals surface area contributed by atoms with Crippen molar-refractivity contribution in [1.82, 2.24) is 0 Å². The fraction of sp³-hybridized carbons (Fsp3) is 0.667. The van der Waals surface area contributed by atoms with Crippen molar-refractivity contribution in [1.29, 1.82) is 0 Å². The molecule has 5 atom stereocenters. The highest BCUT2D eigenvalue weighted by Gasteiger charge is 2.42. The van der Waals surface area contributed by atoms with E-state index in [1.807, 2.05) is 0 Å². The topological polar surface area (TPSA) is 162 Å². The molecule has 0 aliphatic rings. The molecule has 1 unspecified atom stereocenters. The van der Waals surface area contributed by atoms with Gasteiger partial charge >= 0.3 is 17.9 Å². The van der Waals surface area contributed by atoms with Gasteiger partial charge in [-0.2, -0.15) is 0 Å². The molecule has 0 heterocycles. The minimum atomic E-state index is -1.90. The first kappa shape index (κ1) is 20.0. The summed E-state index contributed by atoms with van der Waals surface area (Å²) in [6.07, 6.45) is -8.72. The van der Waals surface area contributed by atoms with E-state index in [4.69, 9.17) is 15.2 Å². The van der Waals surface area contributed by atoms with Crippen LogP contribution >= 0.6 is 0 Å². The van der Waals surface area contributed by atoms with Crippen LogP contribution in [0.1, 0.15) is 20.8 Å². The van der Waals surface area contributed by atoms with Crippen molar-refractivity contribution in [3.05, 3.63) is 0 Å². The molecule has 0 amide bonds. The molecule has 0 fully saturated rings. The van der Waals surface area contributed by atoms with Crippen LogP contribution in [0, 0.1) is 0 Å². The minimum Gasteiger partial charge on any atom is -0.455 e. The Balaban J connectivity index is 5.60. The van der Waals surface area contributed by atoms with E-state index in [1.54, 1.807) is 0 Å². The molecular formula is C12H19NO9. The Morgan fingerprint density at radius 3 is 1.64 bits per heavy atom. The van der Waals surface area contributed by atoms with Crippen LogP contribution in [0.15, 0.2) is 0 Å². The van der Waals surface area contributed by atoms with Gasteiger partial charge in [0.15, 0.2) is 24.6 Å². The number of ether oxygens (including phenoxy) is 3. The third-order valence-electron chi connectivity index (χ3n) is 2.37. The number of aliphatic hydroxyl groups is 2. The number of hydrogen-bond acceptors (Lipinski definition) is 10. The van der Waals surface area contributed by atoms with Crippen LogP contribution in [0.3, 0.4) is 0 Å². The molecule has 0 aromatic carbocycles. The van der Waals surface area contributed by atoms with Crippen LogP contribution in [-0.4, -0.2) is 65.1 Å². The predicted octanol–water partition coefficient (Wildman–Crippen LogP) is -2.38. The summed E-state index contributed by atoms with van der Waals surface area (Å²) in [7, 11) is 0. The molecule has 126 valence electrons. The molecule has 0 spiro atoms. The molecule has 10 nitrogen and oxygen atoms in total. The van der Waals surface area contributed by atoms with E-state index in [9.17, 15) is 29.4 Å². The second-order valence-corrected chi connectivity index (χ2v) is 4.34. The molecule has 0 radical (unpaired) electrons. The maximum absolute atomic E-state index is 11.1. The lowest BCUT2D eigenvalue weighted by atomic mass is 10.0. The molecule has 0 aliphatic heterocycles. The van der Waals surface area contributed by atoms with E-state index in [1.165, 1.54) is 0 Å². The second-order valence-electron chi connectivity index (χ2n) is 4.34. The summed E-state index contributed by atoms with van der Waals surface area (Å²) in [6, 6.07) is 0. The lowest BCUT2D eigenvalue weighted by molar-refractivity contribution is -0.197. The van der Waals surface area contributed by atoms with E-state index < -0.39 is 48.6 Å². The van der Waals surface area contributed by atoms with Crippen LogP contribution in [-0.2, 0) is 33.4 Å².